The molecule has 5 aliphatic rings. The first-order chi connectivity index (χ1) is 9.28. The third-order valence-corrected chi connectivity index (χ3v) is 4.03. The lowest BCUT2D eigenvalue weighted by Gasteiger charge is -2.40. The average molecular weight is 244 g/mol. The van der Waals surface area contributed by atoms with Gasteiger partial charge in [0.15, 0.2) is 0 Å². The predicted molar refractivity (Wildman–Crippen MR) is 74.0 cm³/mol. The quantitative estimate of drug-likeness (QED) is 0.695. The average Bonchev–Trinajstić information content (AvgIpc) is 2.42. The number of rotatable bonds is 0. The minimum atomic E-state index is 0.0462. The van der Waals surface area contributed by atoms with Crippen LogP contribution in [0, 0.1) is 17.8 Å². The number of allylic oxidation sites excluding steroid dienone is 5. The first-order valence-electron chi connectivity index (χ1n) is 6.46. The minimum Gasteiger partial charge on any atom is -0.324 e. The number of hydrogen-bond donors (Lipinski definition) is 0. The van der Waals surface area contributed by atoms with E-state index in [1.165, 1.54) is 16.7 Å². The van der Waals surface area contributed by atoms with Crippen LogP contribution in [-0.2, 0) is 0 Å². The Morgan fingerprint density at radius 1 is 1.32 bits per heavy atom. The molecular formula is C17H12N2. The summed E-state index contributed by atoms with van der Waals surface area (Å²) in [7, 11) is 0. The Balaban J connectivity index is 1.99. The molecule has 90 valence electrons. The van der Waals surface area contributed by atoms with Crippen molar-refractivity contribution in [1.82, 2.24) is 0 Å². The lowest BCUT2D eigenvalue weighted by atomic mass is 9.83. The molecule has 1 aromatic rings. The van der Waals surface area contributed by atoms with Crippen LogP contribution < -0.4 is 4.90 Å². The fraction of sp³-hybridized carbons (Fsp3) is 0.176. The van der Waals surface area contributed by atoms with Crippen LogP contribution in [-0.4, -0.2) is 0 Å². The van der Waals surface area contributed by atoms with Gasteiger partial charge in [0.2, 0.25) is 0 Å². The molecule has 0 N–H and O–H groups in total. The molecule has 2 radical (unpaired) electrons. The zero-order valence-corrected chi connectivity index (χ0v) is 10.6. The molecule has 4 heterocycles. The Kier molecular flexibility index (Phi) is 2.02. The second kappa shape index (κ2) is 3.61. The van der Waals surface area contributed by atoms with Crippen molar-refractivity contribution >= 4 is 5.69 Å². The zero-order valence-electron chi connectivity index (χ0n) is 10.6. The van der Waals surface area contributed by atoms with Gasteiger partial charge >= 0.3 is 0 Å². The van der Waals surface area contributed by atoms with Gasteiger partial charge in [-0.25, -0.2) is 0 Å². The van der Waals surface area contributed by atoms with E-state index in [9.17, 15) is 5.26 Å². The van der Waals surface area contributed by atoms with Gasteiger partial charge in [-0.05, 0) is 47.8 Å². The summed E-state index contributed by atoms with van der Waals surface area (Å²) in [5.74, 6) is 0. The van der Waals surface area contributed by atoms with Crippen molar-refractivity contribution in [2.75, 3.05) is 4.90 Å². The third-order valence-electron chi connectivity index (χ3n) is 4.03. The maximum Gasteiger partial charge on any atom is 0.124 e. The Morgan fingerprint density at radius 3 is 2.79 bits per heavy atom. The number of fused-ring (bicyclic) bond motifs is 3. The first-order valence-corrected chi connectivity index (χ1v) is 6.46. The van der Waals surface area contributed by atoms with Crippen LogP contribution in [0.3, 0.4) is 0 Å². The maximum atomic E-state index is 9.58. The molecule has 2 nitrogen and oxygen atoms in total. The van der Waals surface area contributed by atoms with Gasteiger partial charge in [-0.15, -0.1) is 0 Å². The molecule has 0 aromatic heterocycles. The molecule has 0 fully saturated rings. The molecule has 0 amide bonds. The minimum absolute atomic E-state index is 0.0462. The van der Waals surface area contributed by atoms with Crippen molar-refractivity contribution in [2.24, 2.45) is 0 Å². The molecule has 4 bridgehead atoms. The molecule has 4 aliphatic heterocycles. The highest BCUT2D eigenvalue weighted by Gasteiger charge is 2.33. The van der Waals surface area contributed by atoms with E-state index in [0.29, 0.717) is 0 Å². The Bertz CT molecular complexity index is 696. The Hall–Kier alpha value is -2.27. The smallest absolute Gasteiger partial charge is 0.124 e. The second-order valence-corrected chi connectivity index (χ2v) is 5.14. The molecule has 1 atom stereocenters. The van der Waals surface area contributed by atoms with Gasteiger partial charge in [-0.3, -0.25) is 0 Å². The lowest BCUT2D eigenvalue weighted by molar-refractivity contribution is 0.743. The molecule has 2 heteroatoms. The number of nitriles is 1. The summed E-state index contributed by atoms with van der Waals surface area (Å²) in [6, 6.07) is 10.8. The number of anilines is 1. The van der Waals surface area contributed by atoms with Gasteiger partial charge in [0.25, 0.3) is 0 Å². The van der Waals surface area contributed by atoms with E-state index >= 15 is 0 Å². The van der Waals surface area contributed by atoms with Crippen LogP contribution in [0.1, 0.15) is 24.9 Å². The van der Waals surface area contributed by atoms with E-state index in [0.717, 1.165) is 23.4 Å². The Morgan fingerprint density at radius 2 is 2.11 bits per heavy atom. The van der Waals surface area contributed by atoms with Crippen LogP contribution in [0.25, 0.3) is 0 Å². The highest BCUT2D eigenvalue weighted by atomic mass is 15.2. The fourth-order valence-corrected chi connectivity index (χ4v) is 3.06. The summed E-state index contributed by atoms with van der Waals surface area (Å²) in [6.45, 7) is 2.09. The molecule has 1 unspecified atom stereocenters. The van der Waals surface area contributed by atoms with Gasteiger partial charge in [0.1, 0.15) is 11.8 Å². The van der Waals surface area contributed by atoms with E-state index in [1.54, 1.807) is 0 Å². The molecule has 0 saturated heterocycles. The highest BCUT2D eigenvalue weighted by Crippen LogP contribution is 2.45. The van der Waals surface area contributed by atoms with Crippen LogP contribution in [0.15, 0.2) is 58.8 Å². The standard InChI is InChI=1S/C17H12N2/c1-11-8-14-3-2-13(11)9-16-12-4-6-15(7-5-12)19(16)17(14)10-18/h2,4-8,16H,3H2,1H3/b17-14-. The summed E-state index contributed by atoms with van der Waals surface area (Å²) in [5, 5.41) is 9.58. The number of benzene rings is 1. The van der Waals surface area contributed by atoms with Crippen molar-refractivity contribution in [3.63, 3.8) is 0 Å². The third kappa shape index (κ3) is 1.36. The summed E-state index contributed by atoms with van der Waals surface area (Å²) in [6.07, 6.45) is 8.69. The molecular weight excluding hydrogens is 232 g/mol. The van der Waals surface area contributed by atoms with Gasteiger partial charge in [0, 0.05) is 12.1 Å². The van der Waals surface area contributed by atoms with Crippen molar-refractivity contribution in [3.8, 4) is 6.07 Å². The van der Waals surface area contributed by atoms with E-state index in [-0.39, 0.29) is 6.04 Å². The molecule has 0 spiro atoms. The predicted octanol–water partition coefficient (Wildman–Crippen LogP) is 3.70. The van der Waals surface area contributed by atoms with Gasteiger partial charge in [-0.1, -0.05) is 24.3 Å². The second-order valence-electron chi connectivity index (χ2n) is 5.14. The van der Waals surface area contributed by atoms with E-state index < -0.39 is 0 Å². The summed E-state index contributed by atoms with van der Waals surface area (Å²) in [4.78, 5) is 2.11. The van der Waals surface area contributed by atoms with Gasteiger partial charge in [0.05, 0.1) is 6.04 Å². The summed E-state index contributed by atoms with van der Waals surface area (Å²) >= 11 is 0. The van der Waals surface area contributed by atoms with Crippen LogP contribution >= 0.6 is 0 Å². The largest absolute Gasteiger partial charge is 0.324 e. The van der Waals surface area contributed by atoms with Gasteiger partial charge < -0.3 is 4.90 Å². The normalized spacial score (nSPS) is 27.2. The van der Waals surface area contributed by atoms with E-state index in [4.69, 9.17) is 0 Å². The summed E-state index contributed by atoms with van der Waals surface area (Å²) < 4.78 is 0. The zero-order chi connectivity index (χ0) is 13.0. The van der Waals surface area contributed by atoms with Crippen LogP contribution in [0.5, 0.6) is 0 Å². The highest BCUT2D eigenvalue weighted by molar-refractivity contribution is 5.69. The first kappa shape index (κ1) is 10.6. The molecule has 0 saturated carbocycles. The lowest BCUT2D eigenvalue weighted by Crippen LogP contribution is -2.33. The molecule has 1 aromatic carbocycles. The van der Waals surface area contributed by atoms with Crippen molar-refractivity contribution < 1.29 is 0 Å². The fourth-order valence-electron chi connectivity index (χ4n) is 3.06. The number of hydrogen-bond acceptors (Lipinski definition) is 2. The summed E-state index contributed by atoms with van der Waals surface area (Å²) in [5.41, 5.74) is 6.53. The maximum absolute atomic E-state index is 9.58. The van der Waals surface area contributed by atoms with Crippen molar-refractivity contribution in [1.29, 1.82) is 5.26 Å². The van der Waals surface area contributed by atoms with E-state index in [2.05, 4.69) is 60.7 Å². The van der Waals surface area contributed by atoms with Gasteiger partial charge in [-0.2, -0.15) is 5.26 Å². The van der Waals surface area contributed by atoms with Crippen LogP contribution in [0.4, 0.5) is 5.69 Å². The van der Waals surface area contributed by atoms with E-state index in [1.807, 2.05) is 0 Å². The number of nitrogens with zero attached hydrogens (tertiary/aromatic N) is 2. The molecule has 6 rings (SSSR count). The van der Waals surface area contributed by atoms with Crippen LogP contribution in [0.2, 0.25) is 0 Å². The Labute approximate surface area is 113 Å². The van der Waals surface area contributed by atoms with Crippen molar-refractivity contribution in [3.05, 3.63) is 70.8 Å². The SMILES string of the molecule is CC1=C/C2=C(/C#N)N3c4ccc(cc4)C3[C]C1=CC2. The molecule has 19 heavy (non-hydrogen) atoms. The van der Waals surface area contributed by atoms with Crippen molar-refractivity contribution in [2.45, 2.75) is 19.4 Å². The monoisotopic (exact) mass is 244 g/mol. The molecule has 1 aliphatic carbocycles. The topological polar surface area (TPSA) is 27.0 Å².